The molecule has 3 rings (SSSR count). The van der Waals surface area contributed by atoms with Crippen molar-refractivity contribution < 1.29 is 22.5 Å². The summed E-state index contributed by atoms with van der Waals surface area (Å²) in [7, 11) is -4.12. The molecule has 2 heterocycles. The number of anilines is 2. The van der Waals surface area contributed by atoms with Crippen molar-refractivity contribution in [2.45, 2.75) is 38.0 Å². The Kier molecular flexibility index (Phi) is 7.11. The molecule has 0 fully saturated rings. The molecule has 3 aromatic rings. The van der Waals surface area contributed by atoms with Crippen LogP contribution in [0.15, 0.2) is 45.7 Å². The van der Waals surface area contributed by atoms with Gasteiger partial charge in [0.05, 0.1) is 10.6 Å². The normalized spacial score (nSPS) is 12.3. The van der Waals surface area contributed by atoms with Crippen LogP contribution in [0.25, 0.3) is 0 Å². The number of Topliss-reactive ketones (excluding diaryl/α,β-unsaturated/α-hetero) is 1. The van der Waals surface area contributed by atoms with Gasteiger partial charge >= 0.3 is 0 Å². The summed E-state index contributed by atoms with van der Waals surface area (Å²) < 4.78 is 31.7. The van der Waals surface area contributed by atoms with Gasteiger partial charge in [-0.3, -0.25) is 9.59 Å². The first-order valence-corrected chi connectivity index (χ1v) is 12.5. The van der Waals surface area contributed by atoms with Gasteiger partial charge in [0.2, 0.25) is 15.7 Å². The van der Waals surface area contributed by atoms with Crippen LogP contribution in [-0.2, 0) is 9.84 Å². The summed E-state index contributed by atoms with van der Waals surface area (Å²) in [6, 6.07) is 4.85. The molecule has 2 N–H and O–H groups in total. The minimum atomic E-state index is -4.12. The Morgan fingerprint density at radius 1 is 1.27 bits per heavy atom. The number of thiophene rings is 1. The maximum atomic E-state index is 13.3. The summed E-state index contributed by atoms with van der Waals surface area (Å²) in [5.74, 6) is -0.880. The molecule has 2 aromatic heterocycles. The lowest BCUT2D eigenvalue weighted by Gasteiger charge is -2.16. The van der Waals surface area contributed by atoms with Crippen LogP contribution >= 0.6 is 22.9 Å². The maximum Gasteiger partial charge on any atom is 0.267 e. The summed E-state index contributed by atoms with van der Waals surface area (Å²) in [6.45, 7) is 10.2. The van der Waals surface area contributed by atoms with Crippen LogP contribution in [-0.4, -0.2) is 30.6 Å². The fourth-order valence-corrected chi connectivity index (χ4v) is 6.16. The van der Waals surface area contributed by atoms with Gasteiger partial charge in [-0.2, -0.15) is 0 Å². The Morgan fingerprint density at radius 3 is 2.55 bits per heavy atom. The molecule has 8 nitrogen and oxygen atoms in total. The minimum absolute atomic E-state index is 0.0230. The number of halogens is 1. The van der Waals surface area contributed by atoms with E-state index in [-0.39, 0.29) is 26.5 Å². The summed E-state index contributed by atoms with van der Waals surface area (Å²) in [5.41, 5.74) is 2.65. The van der Waals surface area contributed by atoms with Crippen LogP contribution < -0.4 is 10.6 Å². The van der Waals surface area contributed by atoms with Crippen molar-refractivity contribution in [3.05, 3.63) is 68.5 Å². The zero-order valence-corrected chi connectivity index (χ0v) is 20.7. The number of rotatable bonds is 8. The number of aromatic nitrogens is 1. The smallest absolute Gasteiger partial charge is 0.267 e. The predicted molar refractivity (Wildman–Crippen MR) is 129 cm³/mol. The number of ketones is 1. The lowest BCUT2D eigenvalue weighted by molar-refractivity contribution is 0.101. The van der Waals surface area contributed by atoms with E-state index in [9.17, 15) is 18.0 Å². The van der Waals surface area contributed by atoms with Gasteiger partial charge in [0.1, 0.15) is 15.6 Å². The molecule has 0 spiro atoms. The van der Waals surface area contributed by atoms with E-state index in [4.69, 9.17) is 16.1 Å². The molecule has 0 aliphatic heterocycles. The highest BCUT2D eigenvalue weighted by atomic mass is 35.5. The second kappa shape index (κ2) is 9.50. The van der Waals surface area contributed by atoms with E-state index in [1.807, 2.05) is 13.0 Å². The zero-order valence-electron chi connectivity index (χ0n) is 18.4. The van der Waals surface area contributed by atoms with Crippen LogP contribution in [0.4, 0.5) is 11.6 Å². The van der Waals surface area contributed by atoms with E-state index in [0.717, 1.165) is 16.9 Å². The molecule has 0 saturated heterocycles. The van der Waals surface area contributed by atoms with E-state index in [0.29, 0.717) is 22.5 Å². The minimum Gasteiger partial charge on any atom is -0.337 e. The fourth-order valence-electron chi connectivity index (χ4n) is 3.38. The van der Waals surface area contributed by atoms with Crippen molar-refractivity contribution >= 4 is 56.0 Å². The Bertz CT molecular complexity index is 1360. The summed E-state index contributed by atoms with van der Waals surface area (Å²) >= 11 is 7.05. The molecule has 1 unspecified atom stereocenters. The number of sulfone groups is 1. The molecule has 1 amide bonds. The summed E-state index contributed by atoms with van der Waals surface area (Å²) in [6.07, 6.45) is 1.17. The number of nitrogens with one attached hydrogen (secondary N) is 2. The van der Waals surface area contributed by atoms with Crippen LogP contribution in [0.3, 0.4) is 0 Å². The third kappa shape index (κ3) is 4.87. The van der Waals surface area contributed by atoms with Gasteiger partial charge in [0.25, 0.3) is 5.91 Å². The Hall–Kier alpha value is -2.95. The Balaban J connectivity index is 1.96. The number of benzene rings is 1. The monoisotopic (exact) mass is 507 g/mol. The van der Waals surface area contributed by atoms with Gasteiger partial charge in [0.15, 0.2) is 11.2 Å². The lowest BCUT2D eigenvalue weighted by Crippen LogP contribution is -2.29. The number of carbonyl (C=O) groups is 2. The molecule has 174 valence electrons. The first kappa shape index (κ1) is 24.7. The second-order valence-electron chi connectivity index (χ2n) is 7.39. The van der Waals surface area contributed by atoms with E-state index in [1.165, 1.54) is 24.4 Å². The van der Waals surface area contributed by atoms with Crippen LogP contribution in [0.5, 0.6) is 0 Å². The van der Waals surface area contributed by atoms with Crippen molar-refractivity contribution in [3.8, 4) is 0 Å². The van der Waals surface area contributed by atoms with Crippen LogP contribution in [0.2, 0.25) is 5.02 Å². The molecule has 0 saturated carbocycles. The van der Waals surface area contributed by atoms with Gasteiger partial charge in [-0.25, -0.2) is 8.42 Å². The largest absolute Gasteiger partial charge is 0.337 e. The number of carbonyl (C=O) groups excluding carboxylic acids is 2. The number of amides is 1. The highest BCUT2D eigenvalue weighted by molar-refractivity contribution is 7.92. The molecule has 1 atom stereocenters. The predicted octanol–water partition coefficient (Wildman–Crippen LogP) is 5.17. The third-order valence-corrected chi connectivity index (χ3v) is 8.25. The van der Waals surface area contributed by atoms with E-state index in [2.05, 4.69) is 22.4 Å². The van der Waals surface area contributed by atoms with Crippen LogP contribution in [0, 0.1) is 20.8 Å². The first-order chi connectivity index (χ1) is 15.5. The molecule has 11 heteroatoms. The summed E-state index contributed by atoms with van der Waals surface area (Å²) in [4.78, 5) is 25.0. The van der Waals surface area contributed by atoms with Gasteiger partial charge in [0, 0.05) is 5.56 Å². The van der Waals surface area contributed by atoms with Gasteiger partial charge in [-0.1, -0.05) is 35.5 Å². The van der Waals surface area contributed by atoms with E-state index >= 15 is 0 Å². The lowest BCUT2D eigenvalue weighted by atomic mass is 10.00. The van der Waals surface area contributed by atoms with E-state index < -0.39 is 21.1 Å². The van der Waals surface area contributed by atoms with Crippen molar-refractivity contribution in [1.82, 2.24) is 5.16 Å². The van der Waals surface area contributed by atoms with Gasteiger partial charge in [-0.15, -0.1) is 11.3 Å². The number of hydrogen-bond donors (Lipinski definition) is 2. The average molecular weight is 508 g/mol. The zero-order chi connectivity index (χ0) is 24.5. The molecule has 1 aromatic carbocycles. The molecular formula is C22H22ClN3O5S2. The summed E-state index contributed by atoms with van der Waals surface area (Å²) in [5, 5.41) is 9.36. The third-order valence-electron chi connectivity index (χ3n) is 4.83. The van der Waals surface area contributed by atoms with E-state index in [1.54, 1.807) is 19.9 Å². The number of hydrogen-bond acceptors (Lipinski definition) is 8. The molecule has 0 aliphatic carbocycles. The SMILES string of the molecule is C=CC(Nc1onc(C)c1Cl)S(=O)(=O)c1ccsc1C(=O)Nc1cc(C)cc(C)c1C(C)=O. The Morgan fingerprint density at radius 2 is 1.97 bits per heavy atom. The number of nitrogens with zero attached hydrogens (tertiary/aromatic N) is 1. The average Bonchev–Trinajstić information content (AvgIpc) is 3.34. The molecular weight excluding hydrogens is 486 g/mol. The first-order valence-electron chi connectivity index (χ1n) is 9.73. The standard InChI is InChI=1S/C22H22ClN3O5S2/c1-6-17(25-22-19(23)13(4)26-31-22)33(29,30)16-7-8-32-20(16)21(28)24-15-10-11(2)9-12(3)18(15)14(5)27/h6-10,17,25H,1H2,2-5H3,(H,24,28). The van der Waals surface area contributed by atoms with Crippen molar-refractivity contribution in [3.63, 3.8) is 0 Å². The molecule has 0 radical (unpaired) electrons. The van der Waals surface area contributed by atoms with Crippen molar-refractivity contribution in [2.24, 2.45) is 0 Å². The van der Waals surface area contributed by atoms with Gasteiger partial charge in [-0.05, 0) is 56.3 Å². The van der Waals surface area contributed by atoms with Crippen molar-refractivity contribution in [2.75, 3.05) is 10.6 Å². The quantitative estimate of drug-likeness (QED) is 0.319. The highest BCUT2D eigenvalue weighted by Crippen LogP contribution is 2.31. The second-order valence-corrected chi connectivity index (χ2v) is 10.7. The molecule has 0 bridgehead atoms. The fraction of sp³-hybridized carbons (Fsp3) is 0.227. The van der Waals surface area contributed by atoms with Gasteiger partial charge < -0.3 is 15.2 Å². The molecule has 0 aliphatic rings. The van der Waals surface area contributed by atoms with Crippen molar-refractivity contribution in [1.29, 1.82) is 0 Å². The van der Waals surface area contributed by atoms with Crippen LogP contribution in [0.1, 0.15) is 43.8 Å². The maximum absolute atomic E-state index is 13.3. The Labute approximate surface area is 200 Å². The number of aryl methyl sites for hydroxylation is 3. The highest BCUT2D eigenvalue weighted by Gasteiger charge is 2.32. The molecule has 33 heavy (non-hydrogen) atoms. The topological polar surface area (TPSA) is 118 Å².